The highest BCUT2D eigenvalue weighted by atomic mass is 16.5. The minimum atomic E-state index is -0.0990. The van der Waals surface area contributed by atoms with Crippen LogP contribution in [0.1, 0.15) is 10.4 Å². The molecule has 0 aliphatic carbocycles. The van der Waals surface area contributed by atoms with E-state index in [1.807, 2.05) is 24.3 Å². The Labute approximate surface area is 106 Å². The number of methoxy groups -OCH3 is 1. The lowest BCUT2D eigenvalue weighted by molar-refractivity contribution is 0.0937. The van der Waals surface area contributed by atoms with E-state index in [9.17, 15) is 4.79 Å². The molecule has 0 spiro atoms. The Hall–Kier alpha value is -2.07. The SMILES string of the molecule is COCCNC(=O)c1ccc(-c2ccco2)cc1. The van der Waals surface area contributed by atoms with E-state index in [0.29, 0.717) is 18.7 Å². The van der Waals surface area contributed by atoms with Crippen molar-refractivity contribution in [3.05, 3.63) is 48.2 Å². The van der Waals surface area contributed by atoms with Crippen molar-refractivity contribution in [1.82, 2.24) is 5.32 Å². The third-order valence-electron chi connectivity index (χ3n) is 2.54. The van der Waals surface area contributed by atoms with Crippen LogP contribution in [0.2, 0.25) is 0 Å². The fraction of sp³-hybridized carbons (Fsp3) is 0.214. The number of ether oxygens (including phenoxy) is 1. The highest BCUT2D eigenvalue weighted by molar-refractivity contribution is 5.94. The Balaban J connectivity index is 2.01. The lowest BCUT2D eigenvalue weighted by Crippen LogP contribution is -2.26. The molecular weight excluding hydrogens is 230 g/mol. The summed E-state index contributed by atoms with van der Waals surface area (Å²) in [6, 6.07) is 11.0. The molecule has 0 aliphatic heterocycles. The minimum absolute atomic E-state index is 0.0990. The molecule has 0 bridgehead atoms. The lowest BCUT2D eigenvalue weighted by Gasteiger charge is -2.05. The van der Waals surface area contributed by atoms with E-state index in [4.69, 9.17) is 9.15 Å². The Kier molecular flexibility index (Phi) is 4.15. The highest BCUT2D eigenvalue weighted by Crippen LogP contribution is 2.19. The standard InChI is InChI=1S/C14H15NO3/c1-17-10-8-15-14(16)12-6-4-11(5-7-12)13-3-2-9-18-13/h2-7,9H,8,10H2,1H3,(H,15,16). The summed E-state index contributed by atoms with van der Waals surface area (Å²) >= 11 is 0. The van der Waals surface area contributed by atoms with Crippen molar-refractivity contribution in [1.29, 1.82) is 0 Å². The van der Waals surface area contributed by atoms with Crippen molar-refractivity contribution >= 4 is 5.91 Å². The second-order valence-electron chi connectivity index (χ2n) is 3.80. The van der Waals surface area contributed by atoms with E-state index in [-0.39, 0.29) is 5.91 Å². The van der Waals surface area contributed by atoms with E-state index in [2.05, 4.69) is 5.32 Å². The van der Waals surface area contributed by atoms with Crippen LogP contribution < -0.4 is 5.32 Å². The zero-order valence-corrected chi connectivity index (χ0v) is 10.2. The van der Waals surface area contributed by atoms with Crippen LogP contribution in [0.3, 0.4) is 0 Å². The molecule has 0 unspecified atom stereocenters. The van der Waals surface area contributed by atoms with Gasteiger partial charge >= 0.3 is 0 Å². The summed E-state index contributed by atoms with van der Waals surface area (Å²) in [5.41, 5.74) is 1.58. The fourth-order valence-corrected chi connectivity index (χ4v) is 1.60. The van der Waals surface area contributed by atoms with Crippen molar-refractivity contribution in [2.45, 2.75) is 0 Å². The van der Waals surface area contributed by atoms with Crippen molar-refractivity contribution in [3.8, 4) is 11.3 Å². The first kappa shape index (κ1) is 12.4. The van der Waals surface area contributed by atoms with Gasteiger partial charge in [0.25, 0.3) is 5.91 Å². The van der Waals surface area contributed by atoms with Crippen molar-refractivity contribution in [2.75, 3.05) is 20.3 Å². The van der Waals surface area contributed by atoms with E-state index < -0.39 is 0 Å². The molecule has 1 heterocycles. The number of rotatable bonds is 5. The number of benzene rings is 1. The number of carbonyl (C=O) groups excluding carboxylic acids is 1. The topological polar surface area (TPSA) is 51.5 Å². The first-order chi connectivity index (χ1) is 8.81. The van der Waals surface area contributed by atoms with Crippen LogP contribution in [-0.2, 0) is 4.74 Å². The summed E-state index contributed by atoms with van der Waals surface area (Å²) in [7, 11) is 1.60. The second kappa shape index (κ2) is 6.02. The van der Waals surface area contributed by atoms with Crippen LogP contribution in [-0.4, -0.2) is 26.2 Å². The molecule has 0 radical (unpaired) electrons. The molecule has 4 nitrogen and oxygen atoms in total. The Morgan fingerprint density at radius 3 is 2.67 bits per heavy atom. The minimum Gasteiger partial charge on any atom is -0.464 e. The first-order valence-corrected chi connectivity index (χ1v) is 5.72. The molecule has 2 aromatic rings. The normalized spacial score (nSPS) is 10.3. The third kappa shape index (κ3) is 2.99. The summed E-state index contributed by atoms with van der Waals surface area (Å²) in [6.07, 6.45) is 1.63. The molecule has 0 aliphatic rings. The van der Waals surface area contributed by atoms with Crippen molar-refractivity contribution in [3.63, 3.8) is 0 Å². The van der Waals surface area contributed by atoms with Crippen LogP contribution in [0.5, 0.6) is 0 Å². The van der Waals surface area contributed by atoms with Gasteiger partial charge in [0.1, 0.15) is 5.76 Å². The monoisotopic (exact) mass is 245 g/mol. The van der Waals surface area contributed by atoms with Gasteiger partial charge in [-0.25, -0.2) is 0 Å². The van der Waals surface area contributed by atoms with Gasteiger partial charge in [-0.15, -0.1) is 0 Å². The van der Waals surface area contributed by atoms with Crippen molar-refractivity contribution in [2.24, 2.45) is 0 Å². The molecule has 0 saturated carbocycles. The Morgan fingerprint density at radius 1 is 1.28 bits per heavy atom. The number of nitrogens with one attached hydrogen (secondary N) is 1. The molecule has 94 valence electrons. The summed E-state index contributed by atoms with van der Waals surface area (Å²) in [4.78, 5) is 11.7. The fourth-order valence-electron chi connectivity index (χ4n) is 1.60. The smallest absolute Gasteiger partial charge is 0.251 e. The van der Waals surface area contributed by atoms with Gasteiger partial charge in [-0.1, -0.05) is 12.1 Å². The van der Waals surface area contributed by atoms with Crippen LogP contribution in [0.4, 0.5) is 0 Å². The summed E-state index contributed by atoms with van der Waals surface area (Å²) in [5, 5.41) is 2.77. The molecule has 1 aromatic carbocycles. The van der Waals surface area contributed by atoms with Gasteiger partial charge in [0, 0.05) is 24.8 Å². The molecular formula is C14H15NO3. The third-order valence-corrected chi connectivity index (χ3v) is 2.54. The van der Waals surface area contributed by atoms with Gasteiger partial charge in [-0.05, 0) is 24.3 Å². The predicted octanol–water partition coefficient (Wildman–Crippen LogP) is 2.32. The van der Waals surface area contributed by atoms with Gasteiger partial charge < -0.3 is 14.5 Å². The van der Waals surface area contributed by atoms with E-state index in [1.54, 1.807) is 25.5 Å². The van der Waals surface area contributed by atoms with Crippen molar-refractivity contribution < 1.29 is 13.9 Å². The number of furan rings is 1. The van der Waals surface area contributed by atoms with Gasteiger partial charge in [0.05, 0.1) is 12.9 Å². The molecule has 1 aromatic heterocycles. The van der Waals surface area contributed by atoms with E-state index in [1.165, 1.54) is 0 Å². The average molecular weight is 245 g/mol. The molecule has 1 amide bonds. The van der Waals surface area contributed by atoms with Gasteiger partial charge in [0.2, 0.25) is 0 Å². The first-order valence-electron chi connectivity index (χ1n) is 5.72. The zero-order chi connectivity index (χ0) is 12.8. The maximum Gasteiger partial charge on any atom is 0.251 e. The number of hydrogen-bond acceptors (Lipinski definition) is 3. The van der Waals surface area contributed by atoms with E-state index in [0.717, 1.165) is 11.3 Å². The quantitative estimate of drug-likeness (QED) is 0.822. The molecule has 18 heavy (non-hydrogen) atoms. The number of hydrogen-bond donors (Lipinski definition) is 1. The molecule has 2 rings (SSSR count). The Bertz CT molecular complexity index is 488. The van der Waals surface area contributed by atoms with Gasteiger partial charge in [-0.2, -0.15) is 0 Å². The molecule has 0 saturated heterocycles. The lowest BCUT2D eigenvalue weighted by atomic mass is 10.1. The Morgan fingerprint density at radius 2 is 2.06 bits per heavy atom. The second-order valence-corrected chi connectivity index (χ2v) is 3.80. The van der Waals surface area contributed by atoms with Crippen LogP contribution >= 0.6 is 0 Å². The largest absolute Gasteiger partial charge is 0.464 e. The van der Waals surface area contributed by atoms with Crippen LogP contribution in [0.25, 0.3) is 11.3 Å². The molecule has 0 atom stereocenters. The summed E-state index contributed by atoms with van der Waals surface area (Å²) < 4.78 is 10.2. The summed E-state index contributed by atoms with van der Waals surface area (Å²) in [5.74, 6) is 0.694. The molecule has 0 fully saturated rings. The maximum atomic E-state index is 11.7. The molecule has 4 heteroatoms. The number of carbonyl (C=O) groups is 1. The zero-order valence-electron chi connectivity index (χ0n) is 10.2. The highest BCUT2D eigenvalue weighted by Gasteiger charge is 2.06. The van der Waals surface area contributed by atoms with E-state index >= 15 is 0 Å². The predicted molar refractivity (Wildman–Crippen MR) is 68.4 cm³/mol. The molecule has 1 N–H and O–H groups in total. The number of amides is 1. The van der Waals surface area contributed by atoms with Gasteiger partial charge in [0.15, 0.2) is 0 Å². The van der Waals surface area contributed by atoms with Gasteiger partial charge in [-0.3, -0.25) is 4.79 Å². The maximum absolute atomic E-state index is 11.7. The van der Waals surface area contributed by atoms with Crippen LogP contribution in [0, 0.1) is 0 Å². The average Bonchev–Trinajstić information content (AvgIpc) is 2.93. The van der Waals surface area contributed by atoms with Crippen LogP contribution in [0.15, 0.2) is 47.1 Å². The summed E-state index contributed by atoms with van der Waals surface area (Å²) in [6.45, 7) is 1.02.